The van der Waals surface area contributed by atoms with Crippen LogP contribution < -0.4 is 10.6 Å². The Balaban J connectivity index is 1.44. The first-order valence-electron chi connectivity index (χ1n) is 11.7. The Morgan fingerprint density at radius 1 is 0.944 bits per heavy atom. The third-order valence-corrected chi connectivity index (χ3v) is 6.44. The normalized spacial score (nSPS) is 14.3. The lowest BCUT2D eigenvalue weighted by molar-refractivity contribution is -0.137. The van der Waals surface area contributed by atoms with E-state index in [1.54, 1.807) is 18.3 Å². The summed E-state index contributed by atoms with van der Waals surface area (Å²) in [5, 5.41) is 6.68. The van der Waals surface area contributed by atoms with Crippen molar-refractivity contribution in [2.45, 2.75) is 23.9 Å². The minimum atomic E-state index is -4.50. The Kier molecular flexibility index (Phi) is 6.97. The highest BCUT2D eigenvalue weighted by atomic mass is 32.1. The molecule has 0 spiro atoms. The molecule has 0 atom stereocenters. The number of rotatable bonds is 7. The smallest absolute Gasteiger partial charge is 0.369 e. The molecular weight excluding hydrogens is 485 g/mol. The number of hydrogen-bond acceptors (Lipinski definition) is 7. The fourth-order valence-corrected chi connectivity index (χ4v) is 4.42. The van der Waals surface area contributed by atoms with Crippen LogP contribution in [-0.4, -0.2) is 46.0 Å². The number of halogens is 3. The molecule has 1 aliphatic rings. The van der Waals surface area contributed by atoms with Crippen molar-refractivity contribution in [1.29, 1.82) is 0 Å². The second kappa shape index (κ2) is 10.3. The Labute approximate surface area is 212 Å². The molecule has 5 rings (SSSR count). The average Bonchev–Trinajstić information content (AvgIpc) is 3.38. The molecule has 0 saturated carbocycles. The van der Waals surface area contributed by atoms with Crippen LogP contribution in [0.15, 0.2) is 65.8 Å². The summed E-state index contributed by atoms with van der Waals surface area (Å²) >= 11 is 4.28. The second-order valence-electron chi connectivity index (χ2n) is 8.73. The van der Waals surface area contributed by atoms with Gasteiger partial charge < -0.3 is 15.5 Å². The van der Waals surface area contributed by atoms with Gasteiger partial charge in [0.15, 0.2) is 0 Å². The van der Waals surface area contributed by atoms with Gasteiger partial charge in [0.1, 0.15) is 5.82 Å². The number of hydrogen-bond donors (Lipinski definition) is 3. The fraction of sp³-hybridized carbons (Fsp3) is 0.269. The van der Waals surface area contributed by atoms with Crippen LogP contribution >= 0.6 is 12.6 Å². The zero-order valence-electron chi connectivity index (χ0n) is 19.4. The summed E-state index contributed by atoms with van der Waals surface area (Å²) in [4.78, 5) is 16.4. The maximum Gasteiger partial charge on any atom is 0.416 e. The van der Waals surface area contributed by atoms with Gasteiger partial charge >= 0.3 is 6.18 Å². The van der Waals surface area contributed by atoms with Gasteiger partial charge in [-0.25, -0.2) is 15.0 Å². The molecule has 0 amide bonds. The molecule has 10 heteroatoms. The van der Waals surface area contributed by atoms with Crippen molar-refractivity contribution >= 4 is 41.0 Å². The van der Waals surface area contributed by atoms with Gasteiger partial charge in [0, 0.05) is 52.6 Å². The maximum atomic E-state index is 13.7. The van der Waals surface area contributed by atoms with E-state index in [2.05, 4.69) is 43.1 Å². The molecule has 186 valence electrons. The van der Waals surface area contributed by atoms with Gasteiger partial charge in [-0.1, -0.05) is 0 Å². The Morgan fingerprint density at radius 2 is 1.72 bits per heavy atom. The standard InChI is InChI=1S/C26H25F3N6S/c27-26(28,29)19-13-18-16-32-25(33-20-4-6-21(36)7-5-20)34-24(18)22(14-19)17-3-8-23(31-15-17)30-9-12-35-10-1-2-11-35/h3-8,13-16,36H,1-2,9-12H2,(H,30,31)(H,32,33,34). The summed E-state index contributed by atoms with van der Waals surface area (Å²) in [6.45, 7) is 3.94. The third kappa shape index (κ3) is 5.71. The van der Waals surface area contributed by atoms with Crippen LogP contribution in [-0.2, 0) is 6.18 Å². The summed E-state index contributed by atoms with van der Waals surface area (Å²) in [5.41, 5.74) is 1.27. The highest BCUT2D eigenvalue weighted by Gasteiger charge is 2.32. The quantitative estimate of drug-likeness (QED) is 0.256. The maximum absolute atomic E-state index is 13.7. The van der Waals surface area contributed by atoms with E-state index in [1.165, 1.54) is 19.0 Å². The largest absolute Gasteiger partial charge is 0.416 e. The highest BCUT2D eigenvalue weighted by molar-refractivity contribution is 7.80. The lowest BCUT2D eigenvalue weighted by Gasteiger charge is -2.15. The molecule has 4 aromatic rings. The Morgan fingerprint density at radius 3 is 2.42 bits per heavy atom. The topological polar surface area (TPSA) is 66.0 Å². The van der Waals surface area contributed by atoms with E-state index in [4.69, 9.17) is 0 Å². The zero-order chi connectivity index (χ0) is 25.1. The first kappa shape index (κ1) is 24.3. The molecule has 6 nitrogen and oxygen atoms in total. The Bertz CT molecular complexity index is 1340. The molecule has 0 radical (unpaired) electrons. The van der Waals surface area contributed by atoms with E-state index in [-0.39, 0.29) is 5.95 Å². The van der Waals surface area contributed by atoms with Crippen molar-refractivity contribution in [3.63, 3.8) is 0 Å². The number of fused-ring (bicyclic) bond motifs is 1. The van der Waals surface area contributed by atoms with Gasteiger partial charge in [-0.3, -0.25) is 0 Å². The number of nitrogens with zero attached hydrogens (tertiary/aromatic N) is 4. The molecule has 1 fully saturated rings. The van der Waals surface area contributed by atoms with E-state index in [9.17, 15) is 13.2 Å². The van der Waals surface area contributed by atoms with Crippen LogP contribution in [0, 0.1) is 0 Å². The number of thiol groups is 1. The monoisotopic (exact) mass is 510 g/mol. The molecule has 0 aliphatic carbocycles. The van der Waals surface area contributed by atoms with Gasteiger partial charge in [0.05, 0.1) is 11.1 Å². The lowest BCUT2D eigenvalue weighted by atomic mass is 10.0. The SMILES string of the molecule is FC(F)(F)c1cc(-c2ccc(NCCN3CCCC3)nc2)c2nc(Nc3ccc(S)cc3)ncc2c1. The van der Waals surface area contributed by atoms with E-state index in [0.717, 1.165) is 48.9 Å². The molecule has 36 heavy (non-hydrogen) atoms. The summed E-state index contributed by atoms with van der Waals surface area (Å²) in [6, 6.07) is 13.0. The molecular formula is C26H25F3N6S. The second-order valence-corrected chi connectivity index (χ2v) is 9.25. The van der Waals surface area contributed by atoms with Crippen molar-refractivity contribution in [3.8, 4) is 11.1 Å². The molecule has 2 aromatic carbocycles. The van der Waals surface area contributed by atoms with Crippen LogP contribution in [0.3, 0.4) is 0 Å². The summed E-state index contributed by atoms with van der Waals surface area (Å²) in [5.74, 6) is 0.961. The zero-order valence-corrected chi connectivity index (χ0v) is 20.3. The van der Waals surface area contributed by atoms with Crippen molar-refractivity contribution in [3.05, 3.63) is 66.5 Å². The molecule has 1 saturated heterocycles. The van der Waals surface area contributed by atoms with Gasteiger partial charge in [0.2, 0.25) is 5.95 Å². The number of aromatic nitrogens is 3. The summed E-state index contributed by atoms with van der Waals surface area (Å²) < 4.78 is 41.0. The van der Waals surface area contributed by atoms with E-state index >= 15 is 0 Å². The van der Waals surface area contributed by atoms with Crippen molar-refractivity contribution in [1.82, 2.24) is 19.9 Å². The van der Waals surface area contributed by atoms with Crippen molar-refractivity contribution < 1.29 is 13.2 Å². The van der Waals surface area contributed by atoms with Crippen LogP contribution in [0.4, 0.5) is 30.6 Å². The molecule has 0 bridgehead atoms. The molecule has 1 aliphatic heterocycles. The summed E-state index contributed by atoms with van der Waals surface area (Å²) in [7, 11) is 0. The minimum Gasteiger partial charge on any atom is -0.369 e. The lowest BCUT2D eigenvalue weighted by Crippen LogP contribution is -2.26. The van der Waals surface area contributed by atoms with Gasteiger partial charge in [0.25, 0.3) is 0 Å². The molecule has 3 heterocycles. The van der Waals surface area contributed by atoms with Crippen LogP contribution in [0.2, 0.25) is 0 Å². The van der Waals surface area contributed by atoms with Gasteiger partial charge in [-0.05, 0) is 74.5 Å². The first-order valence-corrected chi connectivity index (χ1v) is 12.2. The Hall–Kier alpha value is -3.37. The highest BCUT2D eigenvalue weighted by Crippen LogP contribution is 2.37. The van der Waals surface area contributed by atoms with E-state index < -0.39 is 11.7 Å². The predicted octanol–water partition coefficient (Wildman–Crippen LogP) is 6.25. The first-order chi connectivity index (χ1) is 17.3. The van der Waals surface area contributed by atoms with E-state index in [0.29, 0.717) is 27.8 Å². The van der Waals surface area contributed by atoms with Gasteiger partial charge in [-0.2, -0.15) is 13.2 Å². The number of nitrogens with one attached hydrogen (secondary N) is 2. The number of anilines is 3. The molecule has 0 unspecified atom stereocenters. The van der Waals surface area contributed by atoms with E-state index in [1.807, 2.05) is 24.3 Å². The average molecular weight is 511 g/mol. The number of pyridine rings is 1. The van der Waals surface area contributed by atoms with Crippen LogP contribution in [0.25, 0.3) is 22.0 Å². The number of likely N-dealkylation sites (tertiary alicyclic amines) is 1. The third-order valence-electron chi connectivity index (χ3n) is 6.14. The van der Waals surface area contributed by atoms with Crippen molar-refractivity contribution in [2.24, 2.45) is 0 Å². The van der Waals surface area contributed by atoms with Crippen LogP contribution in [0.1, 0.15) is 18.4 Å². The van der Waals surface area contributed by atoms with Crippen molar-refractivity contribution in [2.75, 3.05) is 36.8 Å². The summed E-state index contributed by atoms with van der Waals surface area (Å²) in [6.07, 6.45) is 0.950. The number of alkyl halides is 3. The number of benzene rings is 2. The molecule has 2 aromatic heterocycles. The van der Waals surface area contributed by atoms with Gasteiger partial charge in [-0.15, -0.1) is 12.6 Å². The molecule has 2 N–H and O–H groups in total. The fourth-order valence-electron chi connectivity index (χ4n) is 4.27. The predicted molar refractivity (Wildman–Crippen MR) is 139 cm³/mol. The minimum absolute atomic E-state index is 0.281. The van der Waals surface area contributed by atoms with Crippen LogP contribution in [0.5, 0.6) is 0 Å².